The molecule has 2 aliphatic rings. The summed E-state index contributed by atoms with van der Waals surface area (Å²) in [5.41, 5.74) is 0. The standard InChI is InChI=1S/C16H25N3O2/c1-2-11-20-15(4-1)12-19-9-5-14(6-10-19)13-21-16-17-7-3-8-18-16/h3,7-8,14-15H,1-2,4-6,9-13H2. The number of hydrogen-bond donors (Lipinski definition) is 0. The Bertz CT molecular complexity index is 401. The number of ether oxygens (including phenoxy) is 2. The lowest BCUT2D eigenvalue weighted by Gasteiger charge is -2.35. The van der Waals surface area contributed by atoms with Crippen molar-refractivity contribution in [1.29, 1.82) is 0 Å². The Morgan fingerprint density at radius 2 is 1.95 bits per heavy atom. The van der Waals surface area contributed by atoms with Crippen molar-refractivity contribution >= 4 is 0 Å². The minimum atomic E-state index is 0.462. The average molecular weight is 291 g/mol. The molecule has 2 fully saturated rings. The lowest BCUT2D eigenvalue weighted by Crippen LogP contribution is -2.41. The van der Waals surface area contributed by atoms with Gasteiger partial charge in [0.05, 0.1) is 12.7 Å². The molecular weight excluding hydrogens is 266 g/mol. The van der Waals surface area contributed by atoms with Gasteiger partial charge < -0.3 is 14.4 Å². The minimum absolute atomic E-state index is 0.462. The van der Waals surface area contributed by atoms with Crippen LogP contribution in [0.25, 0.3) is 0 Å². The molecule has 3 heterocycles. The van der Waals surface area contributed by atoms with Gasteiger partial charge in [-0.2, -0.15) is 0 Å². The summed E-state index contributed by atoms with van der Waals surface area (Å²) in [6.45, 7) is 5.10. The molecule has 0 N–H and O–H groups in total. The maximum Gasteiger partial charge on any atom is 0.316 e. The normalized spacial score (nSPS) is 24.9. The van der Waals surface area contributed by atoms with Crippen LogP contribution >= 0.6 is 0 Å². The summed E-state index contributed by atoms with van der Waals surface area (Å²) in [6.07, 6.45) is 10.1. The maximum absolute atomic E-state index is 5.83. The van der Waals surface area contributed by atoms with Crippen LogP contribution in [0, 0.1) is 5.92 Å². The number of aromatic nitrogens is 2. The van der Waals surface area contributed by atoms with Crippen molar-refractivity contribution < 1.29 is 9.47 Å². The van der Waals surface area contributed by atoms with Crippen LogP contribution in [0.15, 0.2) is 18.5 Å². The molecule has 1 unspecified atom stereocenters. The van der Waals surface area contributed by atoms with Gasteiger partial charge >= 0.3 is 6.01 Å². The van der Waals surface area contributed by atoms with E-state index >= 15 is 0 Å². The van der Waals surface area contributed by atoms with E-state index in [4.69, 9.17) is 9.47 Å². The second-order valence-corrected chi connectivity index (χ2v) is 6.07. The molecule has 2 saturated heterocycles. The first kappa shape index (κ1) is 14.7. The molecule has 5 heteroatoms. The highest BCUT2D eigenvalue weighted by molar-refractivity contribution is 4.93. The highest BCUT2D eigenvalue weighted by atomic mass is 16.5. The molecule has 0 saturated carbocycles. The SMILES string of the molecule is c1cnc(OCC2CCN(CC3CCCCO3)CC2)nc1. The molecule has 1 aromatic heterocycles. The van der Waals surface area contributed by atoms with Crippen molar-refractivity contribution in [1.82, 2.24) is 14.9 Å². The van der Waals surface area contributed by atoms with Crippen molar-refractivity contribution in [2.24, 2.45) is 5.92 Å². The molecule has 3 rings (SSSR count). The molecule has 1 atom stereocenters. The van der Waals surface area contributed by atoms with Crippen molar-refractivity contribution in [3.05, 3.63) is 18.5 Å². The molecule has 116 valence electrons. The smallest absolute Gasteiger partial charge is 0.316 e. The van der Waals surface area contributed by atoms with Gasteiger partial charge in [0.2, 0.25) is 0 Å². The van der Waals surface area contributed by atoms with Crippen molar-refractivity contribution in [2.75, 3.05) is 32.8 Å². The number of hydrogen-bond acceptors (Lipinski definition) is 5. The zero-order valence-corrected chi connectivity index (χ0v) is 12.6. The highest BCUT2D eigenvalue weighted by Crippen LogP contribution is 2.20. The molecule has 1 aromatic rings. The topological polar surface area (TPSA) is 47.5 Å². The van der Waals surface area contributed by atoms with E-state index in [0.29, 0.717) is 18.0 Å². The van der Waals surface area contributed by atoms with Crippen molar-refractivity contribution in [3.8, 4) is 6.01 Å². The fraction of sp³-hybridized carbons (Fsp3) is 0.750. The summed E-state index contributed by atoms with van der Waals surface area (Å²) in [5.74, 6) is 0.623. The van der Waals surface area contributed by atoms with Gasteiger partial charge in [-0.15, -0.1) is 0 Å². The van der Waals surface area contributed by atoms with E-state index in [1.54, 1.807) is 18.5 Å². The van der Waals surface area contributed by atoms with Gasteiger partial charge in [0.15, 0.2) is 0 Å². The third kappa shape index (κ3) is 4.64. The molecule has 0 aliphatic carbocycles. The lowest BCUT2D eigenvalue weighted by atomic mass is 9.97. The van der Waals surface area contributed by atoms with Crippen LogP contribution in [0.5, 0.6) is 6.01 Å². The van der Waals surface area contributed by atoms with Gasteiger partial charge in [-0.3, -0.25) is 0 Å². The third-order valence-corrected chi connectivity index (χ3v) is 4.43. The Balaban J connectivity index is 1.35. The van der Waals surface area contributed by atoms with Gasteiger partial charge in [-0.25, -0.2) is 9.97 Å². The first-order valence-electron chi connectivity index (χ1n) is 8.14. The van der Waals surface area contributed by atoms with E-state index in [-0.39, 0.29) is 0 Å². The van der Waals surface area contributed by atoms with Crippen LogP contribution in [0.4, 0.5) is 0 Å². The summed E-state index contributed by atoms with van der Waals surface area (Å²) in [6, 6.07) is 2.30. The molecule has 21 heavy (non-hydrogen) atoms. The Morgan fingerprint density at radius 3 is 2.67 bits per heavy atom. The van der Waals surface area contributed by atoms with Crippen LogP contribution < -0.4 is 4.74 Å². The number of piperidine rings is 1. The second-order valence-electron chi connectivity index (χ2n) is 6.07. The summed E-state index contributed by atoms with van der Waals surface area (Å²) < 4.78 is 11.5. The van der Waals surface area contributed by atoms with Gasteiger partial charge in [-0.05, 0) is 57.2 Å². The average Bonchev–Trinajstić information content (AvgIpc) is 2.56. The summed E-state index contributed by atoms with van der Waals surface area (Å²) in [4.78, 5) is 10.7. The number of nitrogens with zero attached hydrogens (tertiary/aromatic N) is 3. The monoisotopic (exact) mass is 291 g/mol. The Hall–Kier alpha value is -1.20. The maximum atomic E-state index is 5.83. The predicted octanol–water partition coefficient (Wildman–Crippen LogP) is 2.14. The van der Waals surface area contributed by atoms with Crippen LogP contribution in [-0.2, 0) is 4.74 Å². The van der Waals surface area contributed by atoms with E-state index in [1.807, 2.05) is 0 Å². The molecule has 0 bridgehead atoms. The van der Waals surface area contributed by atoms with E-state index in [1.165, 1.54) is 32.1 Å². The molecule has 0 radical (unpaired) electrons. The molecule has 5 nitrogen and oxygen atoms in total. The highest BCUT2D eigenvalue weighted by Gasteiger charge is 2.23. The van der Waals surface area contributed by atoms with Crippen LogP contribution in [0.1, 0.15) is 32.1 Å². The fourth-order valence-electron chi connectivity index (χ4n) is 3.13. The second kappa shape index (κ2) is 7.71. The third-order valence-electron chi connectivity index (χ3n) is 4.43. The first-order valence-corrected chi connectivity index (χ1v) is 8.14. The summed E-state index contributed by atoms with van der Waals surface area (Å²) in [7, 11) is 0. The van der Waals surface area contributed by atoms with Gasteiger partial charge in [0.1, 0.15) is 0 Å². The Labute approximate surface area is 126 Å². The van der Waals surface area contributed by atoms with E-state index in [9.17, 15) is 0 Å². The minimum Gasteiger partial charge on any atom is -0.463 e. The van der Waals surface area contributed by atoms with Crippen LogP contribution in [0.2, 0.25) is 0 Å². The molecule has 2 aliphatic heterocycles. The van der Waals surface area contributed by atoms with Gasteiger partial charge in [-0.1, -0.05) is 0 Å². The van der Waals surface area contributed by atoms with Crippen molar-refractivity contribution in [3.63, 3.8) is 0 Å². The van der Waals surface area contributed by atoms with Gasteiger partial charge in [0, 0.05) is 25.5 Å². The molecule has 0 amide bonds. The number of likely N-dealkylation sites (tertiary alicyclic amines) is 1. The largest absolute Gasteiger partial charge is 0.463 e. The zero-order valence-electron chi connectivity index (χ0n) is 12.6. The Morgan fingerprint density at radius 1 is 1.14 bits per heavy atom. The van der Waals surface area contributed by atoms with E-state index < -0.39 is 0 Å². The predicted molar refractivity (Wildman–Crippen MR) is 80.3 cm³/mol. The van der Waals surface area contributed by atoms with Crippen LogP contribution in [-0.4, -0.2) is 53.8 Å². The summed E-state index contributed by atoms with van der Waals surface area (Å²) in [5, 5.41) is 0. The lowest BCUT2D eigenvalue weighted by molar-refractivity contribution is -0.0126. The molecular formula is C16H25N3O2. The zero-order chi connectivity index (χ0) is 14.3. The number of rotatable bonds is 5. The Kier molecular flexibility index (Phi) is 5.40. The fourth-order valence-corrected chi connectivity index (χ4v) is 3.13. The summed E-state index contributed by atoms with van der Waals surface area (Å²) >= 11 is 0. The molecule has 0 spiro atoms. The van der Waals surface area contributed by atoms with Crippen molar-refractivity contribution in [2.45, 2.75) is 38.2 Å². The van der Waals surface area contributed by atoms with Crippen LogP contribution in [0.3, 0.4) is 0 Å². The van der Waals surface area contributed by atoms with Gasteiger partial charge in [0.25, 0.3) is 0 Å². The van der Waals surface area contributed by atoms with E-state index in [2.05, 4.69) is 14.9 Å². The quantitative estimate of drug-likeness (QED) is 0.832. The molecule has 0 aromatic carbocycles. The van der Waals surface area contributed by atoms with E-state index in [0.717, 1.165) is 32.8 Å². The first-order chi connectivity index (χ1) is 10.4.